The fourth-order valence-electron chi connectivity index (χ4n) is 3.03. The molecule has 21 heavy (non-hydrogen) atoms. The second kappa shape index (κ2) is 6.67. The number of carbonyl (C=O) groups is 1. The Labute approximate surface area is 123 Å². The van der Waals surface area contributed by atoms with E-state index < -0.39 is 5.97 Å². The molecule has 2 N–H and O–H groups in total. The SMILES string of the molecule is CC(NC1CCCC(C(=O)O)C1)c1ccccc1[N+](=O)[O-]. The van der Waals surface area contributed by atoms with E-state index in [1.54, 1.807) is 18.2 Å². The number of benzene rings is 1. The lowest BCUT2D eigenvalue weighted by atomic mass is 9.85. The zero-order valence-electron chi connectivity index (χ0n) is 12.0. The molecule has 1 aromatic rings. The van der Waals surface area contributed by atoms with Crippen molar-refractivity contribution in [1.82, 2.24) is 5.32 Å². The highest BCUT2D eigenvalue weighted by Gasteiger charge is 2.28. The number of carboxylic acid groups (broad SMARTS) is 1. The third kappa shape index (κ3) is 3.78. The molecule has 0 amide bonds. The maximum absolute atomic E-state index is 11.1. The van der Waals surface area contributed by atoms with E-state index in [0.29, 0.717) is 18.4 Å². The van der Waals surface area contributed by atoms with Crippen molar-refractivity contribution in [2.75, 3.05) is 0 Å². The number of nitrogens with zero attached hydrogens (tertiary/aromatic N) is 1. The third-order valence-electron chi connectivity index (χ3n) is 4.11. The molecule has 0 radical (unpaired) electrons. The first-order chi connectivity index (χ1) is 9.99. The number of hydrogen-bond donors (Lipinski definition) is 2. The van der Waals surface area contributed by atoms with Gasteiger partial charge in [0, 0.05) is 23.7 Å². The molecule has 6 heteroatoms. The zero-order chi connectivity index (χ0) is 15.4. The predicted molar refractivity (Wildman–Crippen MR) is 78.0 cm³/mol. The second-order valence-electron chi connectivity index (χ2n) is 5.60. The van der Waals surface area contributed by atoms with Gasteiger partial charge in [0.2, 0.25) is 0 Å². The summed E-state index contributed by atoms with van der Waals surface area (Å²) in [5, 5.41) is 23.5. The van der Waals surface area contributed by atoms with Crippen molar-refractivity contribution < 1.29 is 14.8 Å². The van der Waals surface area contributed by atoms with Gasteiger partial charge in [0.05, 0.1) is 10.8 Å². The van der Waals surface area contributed by atoms with Crippen LogP contribution in [0.2, 0.25) is 0 Å². The van der Waals surface area contributed by atoms with E-state index in [-0.39, 0.29) is 28.6 Å². The molecule has 1 aliphatic rings. The molecular weight excluding hydrogens is 272 g/mol. The summed E-state index contributed by atoms with van der Waals surface area (Å²) in [6, 6.07) is 6.58. The molecule has 114 valence electrons. The number of nitro groups is 1. The molecular formula is C15H20N2O4. The smallest absolute Gasteiger partial charge is 0.306 e. The first kappa shape index (κ1) is 15.4. The van der Waals surface area contributed by atoms with Crippen molar-refractivity contribution in [3.8, 4) is 0 Å². The van der Waals surface area contributed by atoms with E-state index in [4.69, 9.17) is 5.11 Å². The Morgan fingerprint density at radius 1 is 1.43 bits per heavy atom. The van der Waals surface area contributed by atoms with Crippen molar-refractivity contribution in [3.05, 3.63) is 39.9 Å². The highest BCUT2D eigenvalue weighted by Crippen LogP contribution is 2.29. The van der Waals surface area contributed by atoms with Gasteiger partial charge in [-0.2, -0.15) is 0 Å². The molecule has 0 heterocycles. The number of nitro benzene ring substituents is 1. The average Bonchev–Trinajstić information content (AvgIpc) is 2.47. The number of carboxylic acids is 1. The molecule has 1 fully saturated rings. The Balaban J connectivity index is 2.06. The number of aliphatic carboxylic acids is 1. The largest absolute Gasteiger partial charge is 0.481 e. The van der Waals surface area contributed by atoms with Gasteiger partial charge >= 0.3 is 5.97 Å². The van der Waals surface area contributed by atoms with E-state index in [1.165, 1.54) is 6.07 Å². The van der Waals surface area contributed by atoms with Gasteiger partial charge < -0.3 is 10.4 Å². The van der Waals surface area contributed by atoms with E-state index in [0.717, 1.165) is 12.8 Å². The lowest BCUT2D eigenvalue weighted by molar-refractivity contribution is -0.385. The fraction of sp³-hybridized carbons (Fsp3) is 0.533. The van der Waals surface area contributed by atoms with Crippen LogP contribution in [0.15, 0.2) is 24.3 Å². The minimum atomic E-state index is -0.750. The third-order valence-corrected chi connectivity index (χ3v) is 4.11. The van der Waals surface area contributed by atoms with Gasteiger partial charge in [-0.25, -0.2) is 0 Å². The van der Waals surface area contributed by atoms with Gasteiger partial charge in [-0.05, 0) is 26.2 Å². The highest BCUT2D eigenvalue weighted by atomic mass is 16.6. The van der Waals surface area contributed by atoms with Crippen LogP contribution in [0.5, 0.6) is 0 Å². The van der Waals surface area contributed by atoms with Crippen LogP contribution in [0.25, 0.3) is 0 Å². The van der Waals surface area contributed by atoms with Gasteiger partial charge in [0.15, 0.2) is 0 Å². The highest BCUT2D eigenvalue weighted by molar-refractivity contribution is 5.70. The molecule has 0 saturated heterocycles. The first-order valence-corrected chi connectivity index (χ1v) is 7.21. The molecule has 3 unspecified atom stereocenters. The quantitative estimate of drug-likeness (QED) is 0.643. The van der Waals surface area contributed by atoms with Crippen LogP contribution < -0.4 is 5.32 Å². The van der Waals surface area contributed by atoms with Crippen LogP contribution in [0.1, 0.15) is 44.2 Å². The normalized spacial score (nSPS) is 23.5. The summed E-state index contributed by atoms with van der Waals surface area (Å²) < 4.78 is 0. The standard InChI is InChI=1S/C15H20N2O4/c1-10(13-7-2-3-8-14(13)17(20)21)16-12-6-4-5-11(9-12)15(18)19/h2-3,7-8,10-12,16H,4-6,9H2,1H3,(H,18,19). The summed E-state index contributed by atoms with van der Waals surface area (Å²) in [5.74, 6) is -1.06. The summed E-state index contributed by atoms with van der Waals surface area (Å²) in [7, 11) is 0. The summed E-state index contributed by atoms with van der Waals surface area (Å²) in [6.07, 6.45) is 3.08. The molecule has 6 nitrogen and oxygen atoms in total. The molecule has 2 rings (SSSR count). The van der Waals surface area contributed by atoms with Gasteiger partial charge in [-0.1, -0.05) is 24.6 Å². The van der Waals surface area contributed by atoms with Crippen molar-refractivity contribution in [3.63, 3.8) is 0 Å². The Bertz CT molecular complexity index is 532. The number of nitrogens with one attached hydrogen (secondary N) is 1. The molecule has 0 aromatic heterocycles. The minimum absolute atomic E-state index is 0.0923. The molecule has 0 spiro atoms. The Morgan fingerprint density at radius 2 is 2.14 bits per heavy atom. The molecule has 1 aromatic carbocycles. The second-order valence-corrected chi connectivity index (χ2v) is 5.60. The van der Waals surface area contributed by atoms with Gasteiger partial charge in [-0.15, -0.1) is 0 Å². The maximum atomic E-state index is 11.1. The molecule has 0 bridgehead atoms. The minimum Gasteiger partial charge on any atom is -0.481 e. The van der Waals surface area contributed by atoms with Crippen LogP contribution in [-0.4, -0.2) is 22.0 Å². The maximum Gasteiger partial charge on any atom is 0.306 e. The number of hydrogen-bond acceptors (Lipinski definition) is 4. The summed E-state index contributed by atoms with van der Waals surface area (Å²) in [6.45, 7) is 1.88. The van der Waals surface area contributed by atoms with Crippen LogP contribution in [0.3, 0.4) is 0 Å². The van der Waals surface area contributed by atoms with Crippen molar-refractivity contribution in [1.29, 1.82) is 0 Å². The number of rotatable bonds is 5. The Hall–Kier alpha value is -1.95. The van der Waals surface area contributed by atoms with Crippen LogP contribution >= 0.6 is 0 Å². The predicted octanol–water partition coefficient (Wildman–Crippen LogP) is 2.89. The van der Waals surface area contributed by atoms with E-state index >= 15 is 0 Å². The van der Waals surface area contributed by atoms with Gasteiger partial charge in [-0.3, -0.25) is 14.9 Å². The Kier molecular flexibility index (Phi) is 4.90. The topological polar surface area (TPSA) is 92.5 Å². The number of para-hydroxylation sites is 1. The molecule has 1 aliphatic carbocycles. The van der Waals surface area contributed by atoms with E-state index in [9.17, 15) is 14.9 Å². The van der Waals surface area contributed by atoms with Crippen LogP contribution in [0.4, 0.5) is 5.69 Å². The lowest BCUT2D eigenvalue weighted by Gasteiger charge is -2.30. The van der Waals surface area contributed by atoms with Gasteiger partial charge in [0.1, 0.15) is 0 Å². The molecule has 3 atom stereocenters. The van der Waals surface area contributed by atoms with Crippen molar-refractivity contribution in [2.24, 2.45) is 5.92 Å². The fourth-order valence-corrected chi connectivity index (χ4v) is 3.03. The molecule has 1 saturated carbocycles. The summed E-state index contributed by atoms with van der Waals surface area (Å²) in [4.78, 5) is 21.8. The van der Waals surface area contributed by atoms with Crippen LogP contribution in [-0.2, 0) is 4.79 Å². The Morgan fingerprint density at radius 3 is 2.81 bits per heavy atom. The zero-order valence-corrected chi connectivity index (χ0v) is 12.0. The van der Waals surface area contributed by atoms with Crippen molar-refractivity contribution >= 4 is 11.7 Å². The van der Waals surface area contributed by atoms with Gasteiger partial charge in [0.25, 0.3) is 5.69 Å². The monoisotopic (exact) mass is 292 g/mol. The summed E-state index contributed by atoms with van der Waals surface area (Å²) in [5.41, 5.74) is 0.739. The summed E-state index contributed by atoms with van der Waals surface area (Å²) >= 11 is 0. The van der Waals surface area contributed by atoms with Crippen LogP contribution in [0, 0.1) is 16.0 Å². The average molecular weight is 292 g/mol. The lowest BCUT2D eigenvalue weighted by Crippen LogP contribution is -2.37. The first-order valence-electron chi connectivity index (χ1n) is 7.21. The van der Waals surface area contributed by atoms with E-state index in [2.05, 4.69) is 5.32 Å². The van der Waals surface area contributed by atoms with Crippen molar-refractivity contribution in [2.45, 2.75) is 44.7 Å². The van der Waals surface area contributed by atoms with E-state index in [1.807, 2.05) is 6.92 Å². The molecule has 0 aliphatic heterocycles.